The molecule has 4 nitrogen and oxygen atoms in total. The van der Waals surface area contributed by atoms with Crippen LogP contribution in [0.4, 0.5) is 0 Å². The number of hydrogen-bond donors (Lipinski definition) is 1. The number of hydrogen-bond acceptors (Lipinski definition) is 4. The molecule has 1 aromatic carbocycles. The molecule has 2 aromatic heterocycles. The number of likely N-dealkylation sites (tertiary alicyclic amines) is 1. The van der Waals surface area contributed by atoms with Crippen molar-refractivity contribution in [1.82, 2.24) is 4.90 Å². The number of nitrogens with two attached hydrogens (primary N) is 1. The highest BCUT2D eigenvalue weighted by molar-refractivity contribution is 7.33. The van der Waals surface area contributed by atoms with E-state index in [-0.39, 0.29) is 17.7 Å². The summed E-state index contributed by atoms with van der Waals surface area (Å²) in [5, 5.41) is 1.21. The summed E-state index contributed by atoms with van der Waals surface area (Å²) >= 11 is 3.27. The Bertz CT molecular complexity index is 912. The first-order valence-electron chi connectivity index (χ1n) is 7.63. The van der Waals surface area contributed by atoms with E-state index in [0.29, 0.717) is 13.1 Å². The molecule has 0 aliphatic carbocycles. The number of nitrogens with zero attached hydrogens (tertiary/aromatic N) is 1. The standard InChI is InChI=1S/C17H16N2O2S2/c18-16(20)10-4-3-7-19(9-10)17(21)14-8-13-15(23-14)11-5-1-2-6-12(11)22-13/h1-2,5-6,8,10H,3-4,7,9H2,(H2,18,20)/t10-/m0/s1. The fourth-order valence-electron chi connectivity index (χ4n) is 3.15. The summed E-state index contributed by atoms with van der Waals surface area (Å²) in [6, 6.07) is 10.3. The highest BCUT2D eigenvalue weighted by Gasteiger charge is 2.28. The van der Waals surface area contributed by atoms with E-state index in [2.05, 4.69) is 12.1 Å². The van der Waals surface area contributed by atoms with E-state index in [4.69, 9.17) is 5.73 Å². The molecule has 1 fully saturated rings. The predicted molar refractivity (Wildman–Crippen MR) is 95.0 cm³/mol. The Labute approximate surface area is 141 Å². The molecular weight excluding hydrogens is 328 g/mol. The zero-order valence-corrected chi connectivity index (χ0v) is 14.1. The molecule has 0 saturated carbocycles. The summed E-state index contributed by atoms with van der Waals surface area (Å²) in [4.78, 5) is 26.7. The maximum atomic E-state index is 12.8. The molecule has 1 atom stereocenters. The average molecular weight is 344 g/mol. The third kappa shape index (κ3) is 2.52. The summed E-state index contributed by atoms with van der Waals surface area (Å²) in [5.41, 5.74) is 5.40. The first-order chi connectivity index (χ1) is 11.1. The van der Waals surface area contributed by atoms with Crippen LogP contribution in [0.2, 0.25) is 0 Å². The van der Waals surface area contributed by atoms with Crippen LogP contribution in [0.25, 0.3) is 19.5 Å². The third-order valence-electron chi connectivity index (χ3n) is 4.37. The lowest BCUT2D eigenvalue weighted by Gasteiger charge is -2.30. The molecule has 23 heavy (non-hydrogen) atoms. The van der Waals surface area contributed by atoms with E-state index >= 15 is 0 Å². The SMILES string of the molecule is NC(=O)[C@H]1CCCN(C(=O)c2cc3sc4ccccc4c3s2)C1. The van der Waals surface area contributed by atoms with Crippen molar-refractivity contribution in [3.05, 3.63) is 35.2 Å². The van der Waals surface area contributed by atoms with E-state index in [9.17, 15) is 9.59 Å². The van der Waals surface area contributed by atoms with Gasteiger partial charge in [0.25, 0.3) is 5.91 Å². The Kier molecular flexibility index (Phi) is 3.58. The first kappa shape index (κ1) is 14.7. The molecule has 3 heterocycles. The zero-order chi connectivity index (χ0) is 16.0. The second-order valence-corrected chi connectivity index (χ2v) is 8.03. The molecule has 0 bridgehead atoms. The van der Waals surface area contributed by atoms with E-state index in [1.54, 1.807) is 27.6 Å². The smallest absolute Gasteiger partial charge is 0.264 e. The minimum Gasteiger partial charge on any atom is -0.369 e. The number of thiophene rings is 2. The number of amides is 2. The van der Waals surface area contributed by atoms with Gasteiger partial charge in [0, 0.05) is 27.9 Å². The van der Waals surface area contributed by atoms with Gasteiger partial charge in [-0.1, -0.05) is 18.2 Å². The number of primary amides is 1. The number of carbonyl (C=O) groups is 2. The molecule has 0 radical (unpaired) electrons. The van der Waals surface area contributed by atoms with Gasteiger partial charge in [-0.3, -0.25) is 9.59 Å². The van der Waals surface area contributed by atoms with Crippen molar-refractivity contribution in [2.75, 3.05) is 13.1 Å². The quantitative estimate of drug-likeness (QED) is 0.774. The van der Waals surface area contributed by atoms with Crippen molar-refractivity contribution in [2.45, 2.75) is 12.8 Å². The summed E-state index contributed by atoms with van der Waals surface area (Å²) in [5.74, 6) is -0.497. The number of fused-ring (bicyclic) bond motifs is 3. The lowest BCUT2D eigenvalue weighted by atomic mass is 9.97. The van der Waals surface area contributed by atoms with Crippen molar-refractivity contribution in [2.24, 2.45) is 11.7 Å². The minimum atomic E-state index is -0.305. The van der Waals surface area contributed by atoms with E-state index < -0.39 is 0 Å². The van der Waals surface area contributed by atoms with Crippen LogP contribution in [0.15, 0.2) is 30.3 Å². The van der Waals surface area contributed by atoms with Gasteiger partial charge >= 0.3 is 0 Å². The summed E-state index contributed by atoms with van der Waals surface area (Å²) in [7, 11) is 0. The Morgan fingerprint density at radius 1 is 1.17 bits per heavy atom. The fraction of sp³-hybridized carbons (Fsp3) is 0.294. The van der Waals surface area contributed by atoms with Crippen LogP contribution >= 0.6 is 22.7 Å². The van der Waals surface area contributed by atoms with Crippen LogP contribution in [-0.4, -0.2) is 29.8 Å². The van der Waals surface area contributed by atoms with Crippen molar-refractivity contribution in [1.29, 1.82) is 0 Å². The molecule has 118 valence electrons. The largest absolute Gasteiger partial charge is 0.369 e. The highest BCUT2D eigenvalue weighted by atomic mass is 32.1. The molecule has 1 saturated heterocycles. The fourth-order valence-corrected chi connectivity index (χ4v) is 5.65. The van der Waals surface area contributed by atoms with Crippen LogP contribution in [0.3, 0.4) is 0 Å². The highest BCUT2D eigenvalue weighted by Crippen LogP contribution is 2.39. The number of rotatable bonds is 2. The van der Waals surface area contributed by atoms with E-state index in [0.717, 1.165) is 22.4 Å². The molecule has 0 spiro atoms. The van der Waals surface area contributed by atoms with Crippen LogP contribution in [-0.2, 0) is 4.79 Å². The third-order valence-corrected chi connectivity index (χ3v) is 6.77. The lowest BCUT2D eigenvalue weighted by Crippen LogP contribution is -2.43. The number of piperidine rings is 1. The maximum Gasteiger partial charge on any atom is 0.264 e. The van der Waals surface area contributed by atoms with Gasteiger partial charge in [0.15, 0.2) is 0 Å². The van der Waals surface area contributed by atoms with E-state index in [1.807, 2.05) is 18.2 Å². The summed E-state index contributed by atoms with van der Waals surface area (Å²) in [6.45, 7) is 1.15. The minimum absolute atomic E-state index is 0.0217. The summed E-state index contributed by atoms with van der Waals surface area (Å²) in [6.07, 6.45) is 1.62. The van der Waals surface area contributed by atoms with Crippen LogP contribution in [0.5, 0.6) is 0 Å². The molecule has 6 heteroatoms. The average Bonchev–Trinajstić information content (AvgIpc) is 3.12. The first-order valence-corrected chi connectivity index (χ1v) is 9.26. The van der Waals surface area contributed by atoms with Gasteiger partial charge in [-0.25, -0.2) is 0 Å². The van der Waals surface area contributed by atoms with E-state index in [1.165, 1.54) is 14.8 Å². The van der Waals surface area contributed by atoms with Crippen molar-refractivity contribution < 1.29 is 9.59 Å². The van der Waals surface area contributed by atoms with Crippen molar-refractivity contribution >= 4 is 54.0 Å². The van der Waals surface area contributed by atoms with Gasteiger partial charge in [-0.15, -0.1) is 22.7 Å². The number of carbonyl (C=O) groups excluding carboxylic acids is 2. The molecule has 1 aliphatic heterocycles. The van der Waals surface area contributed by atoms with Gasteiger partial charge in [-0.2, -0.15) is 0 Å². The van der Waals surface area contributed by atoms with Gasteiger partial charge in [-0.05, 0) is 25.0 Å². The van der Waals surface area contributed by atoms with Gasteiger partial charge in [0.05, 0.1) is 15.5 Å². The van der Waals surface area contributed by atoms with Crippen LogP contribution in [0.1, 0.15) is 22.5 Å². The molecule has 3 aromatic rings. The molecule has 4 rings (SSSR count). The normalized spacial score (nSPS) is 18.6. The number of benzene rings is 1. The second kappa shape index (κ2) is 5.62. The maximum absolute atomic E-state index is 12.8. The monoisotopic (exact) mass is 344 g/mol. The molecular formula is C17H16N2O2S2. The van der Waals surface area contributed by atoms with Crippen LogP contribution in [0, 0.1) is 5.92 Å². The molecule has 2 N–H and O–H groups in total. The van der Waals surface area contributed by atoms with Gasteiger partial charge in [0.1, 0.15) is 0 Å². The van der Waals surface area contributed by atoms with Gasteiger partial charge < -0.3 is 10.6 Å². The Morgan fingerprint density at radius 2 is 2.00 bits per heavy atom. The van der Waals surface area contributed by atoms with Crippen molar-refractivity contribution in [3.8, 4) is 0 Å². The van der Waals surface area contributed by atoms with Gasteiger partial charge in [0.2, 0.25) is 5.91 Å². The second-order valence-electron chi connectivity index (χ2n) is 5.89. The Hall–Kier alpha value is -1.92. The molecule has 0 unspecified atom stereocenters. The van der Waals surface area contributed by atoms with Crippen molar-refractivity contribution in [3.63, 3.8) is 0 Å². The van der Waals surface area contributed by atoms with Crippen LogP contribution < -0.4 is 5.73 Å². The lowest BCUT2D eigenvalue weighted by molar-refractivity contribution is -0.123. The summed E-state index contributed by atoms with van der Waals surface area (Å²) < 4.78 is 3.58. The predicted octanol–water partition coefficient (Wildman–Crippen LogP) is 3.45. The Morgan fingerprint density at radius 3 is 2.83 bits per heavy atom. The molecule has 2 amide bonds. The molecule has 1 aliphatic rings. The Balaban J connectivity index is 1.65. The zero-order valence-electron chi connectivity index (χ0n) is 12.5. The topological polar surface area (TPSA) is 63.4 Å².